The van der Waals surface area contributed by atoms with Crippen molar-refractivity contribution >= 4 is 17.5 Å². The van der Waals surface area contributed by atoms with E-state index in [1.807, 2.05) is 54.7 Å². The second kappa shape index (κ2) is 10.4. The van der Waals surface area contributed by atoms with E-state index in [1.165, 1.54) is 0 Å². The zero-order valence-corrected chi connectivity index (χ0v) is 18.0. The van der Waals surface area contributed by atoms with Gasteiger partial charge in [0.05, 0.1) is 7.11 Å². The van der Waals surface area contributed by atoms with Gasteiger partial charge in [0.1, 0.15) is 11.6 Å². The number of methoxy groups -OCH3 is 1. The first kappa shape index (κ1) is 21.4. The molecule has 1 aliphatic heterocycles. The molecule has 9 nitrogen and oxygen atoms in total. The summed E-state index contributed by atoms with van der Waals surface area (Å²) < 4.78 is 10.8. The van der Waals surface area contributed by atoms with Crippen LogP contribution in [0, 0.1) is 0 Å². The normalized spacial score (nSPS) is 13.5. The van der Waals surface area contributed by atoms with Crippen molar-refractivity contribution in [3.05, 3.63) is 66.4 Å². The average molecular weight is 435 g/mol. The number of para-hydroxylation sites is 1. The van der Waals surface area contributed by atoms with Crippen LogP contribution in [0.2, 0.25) is 0 Å². The Hall–Kier alpha value is -3.88. The summed E-state index contributed by atoms with van der Waals surface area (Å²) in [7, 11) is 1.60. The standard InChI is InChI=1S/C23H26N6O3/c1-31-19-7-3-2-6-18(19)16-25-22(30)17-32-23-10-9-21(26-27-23)29-14-12-28(13-15-29)20-8-4-5-11-24-20/h2-11H,12-17H2,1H3,(H,25,30). The lowest BCUT2D eigenvalue weighted by atomic mass is 10.2. The summed E-state index contributed by atoms with van der Waals surface area (Å²) >= 11 is 0. The number of rotatable bonds is 8. The SMILES string of the molecule is COc1ccccc1CNC(=O)COc1ccc(N2CCN(c3ccccn3)CC2)nn1. The summed E-state index contributed by atoms with van der Waals surface area (Å²) in [6, 6.07) is 17.1. The third-order valence-electron chi connectivity index (χ3n) is 5.22. The minimum Gasteiger partial charge on any atom is -0.496 e. The van der Waals surface area contributed by atoms with Crippen LogP contribution in [0.4, 0.5) is 11.6 Å². The van der Waals surface area contributed by atoms with Gasteiger partial charge >= 0.3 is 0 Å². The molecule has 2 aromatic heterocycles. The molecule has 32 heavy (non-hydrogen) atoms. The number of piperazine rings is 1. The number of ether oxygens (including phenoxy) is 2. The van der Waals surface area contributed by atoms with Gasteiger partial charge < -0.3 is 24.6 Å². The van der Waals surface area contributed by atoms with Gasteiger partial charge in [-0.2, -0.15) is 0 Å². The molecular formula is C23H26N6O3. The van der Waals surface area contributed by atoms with Gasteiger partial charge in [-0.25, -0.2) is 4.98 Å². The van der Waals surface area contributed by atoms with Crippen molar-refractivity contribution in [2.24, 2.45) is 0 Å². The summed E-state index contributed by atoms with van der Waals surface area (Å²) in [6.07, 6.45) is 1.81. The third kappa shape index (κ3) is 5.42. The van der Waals surface area contributed by atoms with Crippen LogP contribution >= 0.6 is 0 Å². The molecule has 0 saturated carbocycles. The summed E-state index contributed by atoms with van der Waals surface area (Å²) in [5.74, 6) is 2.58. The number of hydrogen-bond acceptors (Lipinski definition) is 8. The number of hydrogen-bond donors (Lipinski definition) is 1. The molecule has 1 fully saturated rings. The van der Waals surface area contributed by atoms with Gasteiger partial charge in [-0.05, 0) is 24.3 Å². The predicted molar refractivity (Wildman–Crippen MR) is 121 cm³/mol. The van der Waals surface area contributed by atoms with Crippen molar-refractivity contribution in [2.45, 2.75) is 6.54 Å². The zero-order chi connectivity index (χ0) is 22.2. The molecule has 1 N–H and O–H groups in total. The fraction of sp³-hybridized carbons (Fsp3) is 0.304. The number of benzene rings is 1. The monoisotopic (exact) mass is 434 g/mol. The Morgan fingerprint density at radius 2 is 1.69 bits per heavy atom. The lowest BCUT2D eigenvalue weighted by Crippen LogP contribution is -2.47. The number of pyridine rings is 1. The van der Waals surface area contributed by atoms with Gasteiger partial charge in [-0.15, -0.1) is 10.2 Å². The fourth-order valence-electron chi connectivity index (χ4n) is 3.50. The molecule has 0 radical (unpaired) electrons. The van der Waals surface area contributed by atoms with Crippen LogP contribution < -0.4 is 24.6 Å². The Bertz CT molecular complexity index is 1010. The van der Waals surface area contributed by atoms with Crippen LogP contribution in [0.1, 0.15) is 5.56 Å². The minimum atomic E-state index is -0.243. The van der Waals surface area contributed by atoms with E-state index in [0.717, 1.165) is 49.1 Å². The molecule has 1 amide bonds. The number of anilines is 2. The van der Waals surface area contributed by atoms with Crippen molar-refractivity contribution in [3.8, 4) is 11.6 Å². The van der Waals surface area contributed by atoms with Gasteiger partial charge in [0.15, 0.2) is 12.4 Å². The number of carbonyl (C=O) groups excluding carboxylic acids is 1. The van der Waals surface area contributed by atoms with Crippen LogP contribution in [0.25, 0.3) is 0 Å². The molecule has 3 heterocycles. The highest BCUT2D eigenvalue weighted by Crippen LogP contribution is 2.18. The van der Waals surface area contributed by atoms with Crippen molar-refractivity contribution in [1.29, 1.82) is 0 Å². The van der Waals surface area contributed by atoms with E-state index in [2.05, 4.69) is 30.3 Å². The van der Waals surface area contributed by atoms with Crippen LogP contribution in [-0.4, -0.2) is 61.0 Å². The van der Waals surface area contributed by atoms with Crippen LogP contribution in [0.15, 0.2) is 60.8 Å². The second-order valence-corrected chi connectivity index (χ2v) is 7.27. The Balaban J connectivity index is 1.22. The lowest BCUT2D eigenvalue weighted by molar-refractivity contribution is -0.123. The first-order chi connectivity index (χ1) is 15.7. The zero-order valence-electron chi connectivity index (χ0n) is 18.0. The minimum absolute atomic E-state index is 0.133. The summed E-state index contributed by atoms with van der Waals surface area (Å²) in [6.45, 7) is 3.62. The molecule has 9 heteroatoms. The maximum atomic E-state index is 12.1. The van der Waals surface area contributed by atoms with Crippen molar-refractivity contribution in [1.82, 2.24) is 20.5 Å². The number of amides is 1. The molecule has 0 unspecified atom stereocenters. The molecule has 166 valence electrons. The quantitative estimate of drug-likeness (QED) is 0.575. The van der Waals surface area contributed by atoms with E-state index in [1.54, 1.807) is 13.2 Å². The van der Waals surface area contributed by atoms with E-state index in [-0.39, 0.29) is 12.5 Å². The van der Waals surface area contributed by atoms with Crippen molar-refractivity contribution < 1.29 is 14.3 Å². The van der Waals surface area contributed by atoms with Crippen molar-refractivity contribution in [3.63, 3.8) is 0 Å². The van der Waals surface area contributed by atoms with Gasteiger partial charge in [0.2, 0.25) is 5.88 Å². The number of carbonyl (C=O) groups is 1. The molecular weight excluding hydrogens is 408 g/mol. The smallest absolute Gasteiger partial charge is 0.258 e. The van der Waals surface area contributed by atoms with E-state index in [0.29, 0.717) is 12.4 Å². The maximum absolute atomic E-state index is 12.1. The van der Waals surface area contributed by atoms with Crippen LogP contribution in [0.3, 0.4) is 0 Å². The fourth-order valence-corrected chi connectivity index (χ4v) is 3.50. The summed E-state index contributed by atoms with van der Waals surface area (Å²) in [4.78, 5) is 20.9. The topological polar surface area (TPSA) is 92.7 Å². The molecule has 1 saturated heterocycles. The van der Waals surface area contributed by atoms with E-state index < -0.39 is 0 Å². The molecule has 0 spiro atoms. The third-order valence-corrected chi connectivity index (χ3v) is 5.22. The van der Waals surface area contributed by atoms with Gasteiger partial charge in [-0.1, -0.05) is 24.3 Å². The van der Waals surface area contributed by atoms with Gasteiger partial charge in [0, 0.05) is 50.6 Å². The molecule has 0 atom stereocenters. The van der Waals surface area contributed by atoms with Gasteiger partial charge in [-0.3, -0.25) is 4.79 Å². The van der Waals surface area contributed by atoms with E-state index in [4.69, 9.17) is 9.47 Å². The largest absolute Gasteiger partial charge is 0.496 e. The maximum Gasteiger partial charge on any atom is 0.258 e. The van der Waals surface area contributed by atoms with Crippen LogP contribution in [-0.2, 0) is 11.3 Å². The number of aromatic nitrogens is 3. The Morgan fingerprint density at radius 1 is 0.938 bits per heavy atom. The Morgan fingerprint density at radius 3 is 2.38 bits per heavy atom. The second-order valence-electron chi connectivity index (χ2n) is 7.27. The van der Waals surface area contributed by atoms with Crippen molar-refractivity contribution in [2.75, 3.05) is 49.7 Å². The molecule has 4 rings (SSSR count). The first-order valence-corrected chi connectivity index (χ1v) is 10.5. The Labute approximate surface area is 187 Å². The lowest BCUT2D eigenvalue weighted by Gasteiger charge is -2.35. The molecule has 0 bridgehead atoms. The van der Waals surface area contributed by atoms with Crippen LogP contribution in [0.5, 0.6) is 11.6 Å². The summed E-state index contributed by atoms with van der Waals surface area (Å²) in [5.41, 5.74) is 0.899. The first-order valence-electron chi connectivity index (χ1n) is 10.5. The Kier molecular flexibility index (Phi) is 6.96. The van der Waals surface area contributed by atoms with Gasteiger partial charge in [0.25, 0.3) is 5.91 Å². The van der Waals surface area contributed by atoms with E-state index >= 15 is 0 Å². The highest BCUT2D eigenvalue weighted by molar-refractivity contribution is 5.77. The molecule has 1 aliphatic rings. The highest BCUT2D eigenvalue weighted by Gasteiger charge is 2.19. The highest BCUT2D eigenvalue weighted by atomic mass is 16.5. The number of nitrogens with one attached hydrogen (secondary N) is 1. The average Bonchev–Trinajstić information content (AvgIpc) is 2.87. The number of nitrogens with zero attached hydrogens (tertiary/aromatic N) is 5. The predicted octanol–water partition coefficient (Wildman–Crippen LogP) is 1.90. The molecule has 1 aromatic carbocycles. The van der Waals surface area contributed by atoms with E-state index in [9.17, 15) is 4.79 Å². The summed E-state index contributed by atoms with van der Waals surface area (Å²) in [5, 5.41) is 11.2. The molecule has 3 aromatic rings. The molecule has 0 aliphatic carbocycles.